The lowest BCUT2D eigenvalue weighted by Gasteiger charge is -2.38. The lowest BCUT2D eigenvalue weighted by atomic mass is 10.1. The Morgan fingerprint density at radius 1 is 1.19 bits per heavy atom. The maximum Gasteiger partial charge on any atom is 0.417 e. The minimum atomic E-state index is -4.42. The summed E-state index contributed by atoms with van der Waals surface area (Å²) in [7, 11) is 0. The lowest BCUT2D eigenvalue weighted by Crippen LogP contribution is -2.56. The van der Waals surface area contributed by atoms with E-state index >= 15 is 0 Å². The molecule has 1 aliphatic heterocycles. The zero-order valence-corrected chi connectivity index (χ0v) is 13.5. The summed E-state index contributed by atoms with van der Waals surface area (Å²) in [5, 5.41) is 0.957. The first-order valence-corrected chi connectivity index (χ1v) is 7.96. The number of aromatic nitrogens is 2. The van der Waals surface area contributed by atoms with E-state index in [0.717, 1.165) is 23.2 Å². The molecule has 0 atom stereocenters. The summed E-state index contributed by atoms with van der Waals surface area (Å²) in [6, 6.07) is 9.43. The molecule has 134 valence electrons. The van der Waals surface area contributed by atoms with Gasteiger partial charge in [0.25, 0.3) is 5.91 Å². The van der Waals surface area contributed by atoms with Gasteiger partial charge in [-0.05, 0) is 30.3 Å². The largest absolute Gasteiger partial charge is 0.471 e. The number of H-pyrrole nitrogens is 1. The summed E-state index contributed by atoms with van der Waals surface area (Å²) >= 11 is 0. The van der Waals surface area contributed by atoms with Crippen LogP contribution in [0.2, 0.25) is 0 Å². The third-order valence-electron chi connectivity index (χ3n) is 4.29. The average molecular weight is 361 g/mol. The van der Waals surface area contributed by atoms with Crippen LogP contribution in [0.1, 0.15) is 15.9 Å². The second-order valence-electron chi connectivity index (χ2n) is 6.11. The lowest BCUT2D eigenvalue weighted by molar-refractivity contribution is -0.137. The van der Waals surface area contributed by atoms with Crippen molar-refractivity contribution < 1.29 is 22.7 Å². The second kappa shape index (κ2) is 6.05. The van der Waals surface area contributed by atoms with Gasteiger partial charge in [0.05, 0.1) is 18.7 Å². The molecule has 1 aliphatic rings. The van der Waals surface area contributed by atoms with Crippen LogP contribution >= 0.6 is 0 Å². The number of carbonyl (C=O) groups excluding carboxylic acids is 1. The van der Waals surface area contributed by atoms with Gasteiger partial charge in [-0.15, -0.1) is 0 Å². The van der Waals surface area contributed by atoms with E-state index in [1.807, 2.05) is 24.4 Å². The van der Waals surface area contributed by atoms with Gasteiger partial charge >= 0.3 is 6.18 Å². The number of carbonyl (C=O) groups is 1. The van der Waals surface area contributed by atoms with Crippen LogP contribution in [-0.2, 0) is 6.18 Å². The number of rotatable bonds is 3. The third-order valence-corrected chi connectivity index (χ3v) is 4.29. The molecule has 1 amide bonds. The third kappa shape index (κ3) is 3.10. The number of halogens is 3. The number of fused-ring (bicyclic) bond motifs is 1. The van der Waals surface area contributed by atoms with Crippen molar-refractivity contribution in [2.75, 3.05) is 13.1 Å². The van der Waals surface area contributed by atoms with Gasteiger partial charge in [0.15, 0.2) is 0 Å². The van der Waals surface area contributed by atoms with Gasteiger partial charge in [0.2, 0.25) is 5.88 Å². The molecular formula is C18H14F3N3O2. The SMILES string of the molecule is O=C(c1ccc2[nH]ccc2c1)N1CC(Oc2ccc(C(F)(F)F)cn2)C1. The van der Waals surface area contributed by atoms with Crippen molar-refractivity contribution in [3.63, 3.8) is 0 Å². The molecule has 0 unspecified atom stereocenters. The monoisotopic (exact) mass is 361 g/mol. The summed E-state index contributed by atoms with van der Waals surface area (Å²) in [5.41, 5.74) is 0.721. The molecule has 1 N–H and O–H groups in total. The Kier molecular flexibility index (Phi) is 3.82. The highest BCUT2D eigenvalue weighted by Crippen LogP contribution is 2.29. The number of nitrogens with one attached hydrogen (secondary N) is 1. The molecule has 0 aliphatic carbocycles. The van der Waals surface area contributed by atoms with Crippen LogP contribution < -0.4 is 4.74 Å². The van der Waals surface area contributed by atoms with Crippen molar-refractivity contribution in [3.05, 3.63) is 59.9 Å². The number of hydrogen-bond donors (Lipinski definition) is 1. The van der Waals surface area contributed by atoms with E-state index in [-0.39, 0.29) is 17.9 Å². The van der Waals surface area contributed by atoms with Gasteiger partial charge in [0.1, 0.15) is 6.10 Å². The predicted octanol–water partition coefficient (Wildman–Crippen LogP) is 3.49. The normalized spacial score (nSPS) is 15.1. The van der Waals surface area contributed by atoms with Crippen LogP contribution in [0, 0.1) is 0 Å². The summed E-state index contributed by atoms with van der Waals surface area (Å²) in [4.78, 5) is 20.8. The van der Waals surface area contributed by atoms with Crippen LogP contribution in [-0.4, -0.2) is 40.0 Å². The standard InChI is InChI=1S/C18H14F3N3O2/c19-18(20,21)13-2-4-16(23-8-13)26-14-9-24(10-14)17(25)12-1-3-15-11(7-12)5-6-22-15/h1-8,14,22H,9-10H2. The van der Waals surface area contributed by atoms with E-state index in [4.69, 9.17) is 4.74 Å². The number of aromatic amines is 1. The van der Waals surface area contributed by atoms with Gasteiger partial charge in [0, 0.05) is 34.9 Å². The molecule has 8 heteroatoms. The molecule has 0 spiro atoms. The van der Waals surface area contributed by atoms with Crippen molar-refractivity contribution in [2.24, 2.45) is 0 Å². The fourth-order valence-electron chi connectivity index (χ4n) is 2.84. The Morgan fingerprint density at radius 2 is 2.00 bits per heavy atom. The van der Waals surface area contributed by atoms with Crippen molar-refractivity contribution >= 4 is 16.8 Å². The molecular weight excluding hydrogens is 347 g/mol. The smallest absolute Gasteiger partial charge is 0.417 e. The van der Waals surface area contributed by atoms with Crippen molar-refractivity contribution in [1.29, 1.82) is 0 Å². The Labute approximate surface area is 146 Å². The average Bonchev–Trinajstić information content (AvgIpc) is 3.04. The second-order valence-corrected chi connectivity index (χ2v) is 6.11. The Hall–Kier alpha value is -3.03. The molecule has 26 heavy (non-hydrogen) atoms. The first-order chi connectivity index (χ1) is 12.4. The van der Waals surface area contributed by atoms with Gasteiger partial charge in [-0.1, -0.05) is 0 Å². The maximum absolute atomic E-state index is 12.5. The molecule has 3 aromatic rings. The zero-order valence-electron chi connectivity index (χ0n) is 13.5. The molecule has 2 aromatic heterocycles. The molecule has 1 fully saturated rings. The first kappa shape index (κ1) is 16.4. The molecule has 4 rings (SSSR count). The summed E-state index contributed by atoms with van der Waals surface area (Å²) in [6.07, 6.45) is -2.16. The van der Waals surface area contributed by atoms with E-state index in [0.29, 0.717) is 18.7 Å². The number of benzene rings is 1. The van der Waals surface area contributed by atoms with E-state index in [1.165, 1.54) is 6.07 Å². The van der Waals surface area contributed by atoms with Crippen LogP contribution in [0.4, 0.5) is 13.2 Å². The molecule has 1 aromatic carbocycles. The highest BCUT2D eigenvalue weighted by atomic mass is 19.4. The van der Waals surface area contributed by atoms with Gasteiger partial charge in [-0.2, -0.15) is 13.2 Å². The summed E-state index contributed by atoms with van der Waals surface area (Å²) < 4.78 is 43.0. The molecule has 1 saturated heterocycles. The van der Waals surface area contributed by atoms with E-state index in [2.05, 4.69) is 9.97 Å². The van der Waals surface area contributed by atoms with Crippen LogP contribution in [0.25, 0.3) is 10.9 Å². The highest BCUT2D eigenvalue weighted by Gasteiger charge is 2.34. The van der Waals surface area contributed by atoms with Gasteiger partial charge in [-0.3, -0.25) is 4.79 Å². The molecule has 0 radical (unpaired) electrons. The highest BCUT2D eigenvalue weighted by molar-refractivity contribution is 5.98. The van der Waals surface area contributed by atoms with E-state index in [1.54, 1.807) is 11.0 Å². The number of ether oxygens (including phenoxy) is 1. The van der Waals surface area contributed by atoms with Gasteiger partial charge in [-0.25, -0.2) is 4.98 Å². The quantitative estimate of drug-likeness (QED) is 0.777. The molecule has 0 saturated carbocycles. The van der Waals surface area contributed by atoms with Crippen molar-refractivity contribution in [1.82, 2.24) is 14.9 Å². The van der Waals surface area contributed by atoms with Crippen LogP contribution in [0.15, 0.2) is 48.8 Å². The summed E-state index contributed by atoms with van der Waals surface area (Å²) in [5.74, 6) is 0.0113. The van der Waals surface area contributed by atoms with Gasteiger partial charge < -0.3 is 14.6 Å². The van der Waals surface area contributed by atoms with Crippen LogP contribution in [0.3, 0.4) is 0 Å². The minimum absolute atomic E-state index is 0.103. The maximum atomic E-state index is 12.5. The fraction of sp³-hybridized carbons (Fsp3) is 0.222. The van der Waals surface area contributed by atoms with Crippen molar-refractivity contribution in [3.8, 4) is 5.88 Å². The Morgan fingerprint density at radius 3 is 2.69 bits per heavy atom. The Balaban J connectivity index is 1.35. The molecule has 5 nitrogen and oxygen atoms in total. The number of nitrogens with zero attached hydrogens (tertiary/aromatic N) is 2. The number of amides is 1. The first-order valence-electron chi connectivity index (χ1n) is 7.96. The molecule has 3 heterocycles. The number of hydrogen-bond acceptors (Lipinski definition) is 3. The minimum Gasteiger partial charge on any atom is -0.471 e. The zero-order chi connectivity index (χ0) is 18.3. The predicted molar refractivity (Wildman–Crippen MR) is 87.9 cm³/mol. The van der Waals surface area contributed by atoms with E-state index in [9.17, 15) is 18.0 Å². The topological polar surface area (TPSA) is 58.2 Å². The fourth-order valence-corrected chi connectivity index (χ4v) is 2.84. The number of pyridine rings is 1. The van der Waals surface area contributed by atoms with E-state index < -0.39 is 11.7 Å². The van der Waals surface area contributed by atoms with Crippen LogP contribution in [0.5, 0.6) is 5.88 Å². The number of alkyl halides is 3. The number of likely N-dealkylation sites (tertiary alicyclic amines) is 1. The Bertz CT molecular complexity index is 944. The van der Waals surface area contributed by atoms with Crippen molar-refractivity contribution in [2.45, 2.75) is 12.3 Å². The summed E-state index contributed by atoms with van der Waals surface area (Å²) in [6.45, 7) is 0.736. The molecule has 0 bridgehead atoms.